The average Bonchev–Trinajstić information content (AvgIpc) is 2.62. The maximum Gasteiger partial charge on any atom is 0.356 e. The van der Waals surface area contributed by atoms with E-state index in [2.05, 4.69) is 10.3 Å². The summed E-state index contributed by atoms with van der Waals surface area (Å²) < 4.78 is 10.8. The van der Waals surface area contributed by atoms with Crippen molar-refractivity contribution in [2.45, 2.75) is 40.1 Å². The van der Waals surface area contributed by atoms with Gasteiger partial charge in [-0.25, -0.2) is 9.78 Å². The highest BCUT2D eigenvalue weighted by Gasteiger charge is 2.20. The lowest BCUT2D eigenvalue weighted by Crippen LogP contribution is -2.19. The lowest BCUT2D eigenvalue weighted by Gasteiger charge is -2.20. The number of benzene rings is 1. The van der Waals surface area contributed by atoms with Crippen molar-refractivity contribution >= 4 is 23.5 Å². The molecule has 1 aromatic heterocycles. The Morgan fingerprint density at radius 2 is 1.89 bits per heavy atom. The number of pyridine rings is 1. The van der Waals surface area contributed by atoms with Crippen molar-refractivity contribution in [2.75, 3.05) is 5.32 Å². The number of hydrogen-bond donors (Lipinski definition) is 2. The molecule has 28 heavy (non-hydrogen) atoms. The van der Waals surface area contributed by atoms with Gasteiger partial charge in [0.2, 0.25) is 6.29 Å². The Morgan fingerprint density at radius 3 is 2.50 bits per heavy atom. The first kappa shape index (κ1) is 21.0. The third-order valence-electron chi connectivity index (χ3n) is 3.69. The molecule has 0 spiro atoms. The molecule has 0 unspecified atom stereocenters. The van der Waals surface area contributed by atoms with E-state index in [1.54, 1.807) is 45.0 Å². The molecule has 1 amide bonds. The maximum absolute atomic E-state index is 12.7. The van der Waals surface area contributed by atoms with Crippen LogP contribution in [-0.4, -0.2) is 34.0 Å². The molecule has 2 aromatic rings. The minimum Gasteiger partial charge on any atom is -0.476 e. The lowest BCUT2D eigenvalue weighted by atomic mass is 10.1. The second-order valence-electron chi connectivity index (χ2n) is 6.36. The van der Waals surface area contributed by atoms with Crippen LogP contribution in [0.25, 0.3) is 0 Å². The minimum atomic E-state index is -1.24. The molecule has 8 heteroatoms. The van der Waals surface area contributed by atoms with Crippen molar-refractivity contribution in [1.82, 2.24) is 4.98 Å². The highest BCUT2D eigenvalue weighted by molar-refractivity contribution is 6.07. The van der Waals surface area contributed by atoms with Crippen molar-refractivity contribution in [3.63, 3.8) is 0 Å². The fourth-order valence-corrected chi connectivity index (χ4v) is 2.46. The molecular formula is C20H22N2O6. The van der Waals surface area contributed by atoms with Crippen LogP contribution in [0.3, 0.4) is 0 Å². The Bertz CT molecular complexity index is 894. The van der Waals surface area contributed by atoms with Crippen LogP contribution in [0.1, 0.15) is 59.0 Å². The number of carbonyl (C=O) groups excluding carboxylic acids is 2. The molecule has 1 heterocycles. The largest absolute Gasteiger partial charge is 0.476 e. The monoisotopic (exact) mass is 386 g/mol. The average molecular weight is 386 g/mol. The predicted molar refractivity (Wildman–Crippen MR) is 101 cm³/mol. The summed E-state index contributed by atoms with van der Waals surface area (Å²) in [6, 6.07) is 7.98. The number of nitrogens with one attached hydrogen (secondary N) is 1. The Morgan fingerprint density at radius 1 is 1.18 bits per heavy atom. The zero-order valence-electron chi connectivity index (χ0n) is 16.1. The molecule has 0 saturated carbocycles. The molecule has 0 fully saturated rings. The first-order valence-electron chi connectivity index (χ1n) is 8.62. The van der Waals surface area contributed by atoms with E-state index >= 15 is 0 Å². The molecule has 148 valence electrons. The Labute approximate surface area is 162 Å². The van der Waals surface area contributed by atoms with E-state index in [-0.39, 0.29) is 23.0 Å². The normalized spacial score (nSPS) is 11.8. The third kappa shape index (κ3) is 5.37. The molecule has 0 aliphatic heterocycles. The summed E-state index contributed by atoms with van der Waals surface area (Å²) in [5.74, 6) is -2.28. The number of anilines is 1. The van der Waals surface area contributed by atoms with Crippen LogP contribution in [0, 0.1) is 6.92 Å². The van der Waals surface area contributed by atoms with Crippen molar-refractivity contribution < 1.29 is 29.0 Å². The fraction of sp³-hybridized carbons (Fsp3) is 0.300. The number of aromatic carboxylic acids is 1. The van der Waals surface area contributed by atoms with E-state index in [0.717, 1.165) is 0 Å². The standard InChI is InChI=1S/C20H22N2O6/c1-11(2)27-20(28-13(4)23)15-7-5-6-14(10-15)18(24)22-16-12(3)8-9-21-17(16)19(25)26/h5-11,20H,1-4H3,(H,22,24)(H,25,26)/t20-/m0/s1. The summed E-state index contributed by atoms with van der Waals surface area (Å²) in [4.78, 5) is 39.2. The molecule has 1 aromatic carbocycles. The molecule has 0 bridgehead atoms. The number of esters is 1. The van der Waals surface area contributed by atoms with Gasteiger partial charge < -0.3 is 19.9 Å². The second kappa shape index (κ2) is 9.09. The number of amides is 1. The highest BCUT2D eigenvalue weighted by Crippen LogP contribution is 2.24. The summed E-state index contributed by atoms with van der Waals surface area (Å²) in [5, 5.41) is 11.9. The van der Waals surface area contributed by atoms with Crippen LogP contribution in [0.5, 0.6) is 0 Å². The van der Waals surface area contributed by atoms with Gasteiger partial charge in [0.05, 0.1) is 11.8 Å². The minimum absolute atomic E-state index is 0.125. The van der Waals surface area contributed by atoms with Crippen LogP contribution in [0.15, 0.2) is 36.5 Å². The van der Waals surface area contributed by atoms with E-state index in [9.17, 15) is 19.5 Å². The smallest absolute Gasteiger partial charge is 0.356 e. The van der Waals surface area contributed by atoms with E-state index in [1.165, 1.54) is 19.2 Å². The molecule has 0 saturated heterocycles. The second-order valence-corrected chi connectivity index (χ2v) is 6.36. The van der Waals surface area contributed by atoms with Gasteiger partial charge >= 0.3 is 11.9 Å². The third-order valence-corrected chi connectivity index (χ3v) is 3.69. The number of carbonyl (C=O) groups is 3. The van der Waals surface area contributed by atoms with Crippen LogP contribution in [0.2, 0.25) is 0 Å². The predicted octanol–water partition coefficient (Wildman–Crippen LogP) is 3.33. The number of hydrogen-bond acceptors (Lipinski definition) is 6. The zero-order chi connectivity index (χ0) is 20.8. The van der Waals surface area contributed by atoms with Crippen molar-refractivity contribution in [1.29, 1.82) is 0 Å². The van der Waals surface area contributed by atoms with Crippen LogP contribution in [-0.2, 0) is 14.3 Å². The van der Waals surface area contributed by atoms with Crippen molar-refractivity contribution in [3.8, 4) is 0 Å². The molecule has 8 nitrogen and oxygen atoms in total. The van der Waals surface area contributed by atoms with Gasteiger partial charge in [-0.05, 0) is 44.5 Å². The molecular weight excluding hydrogens is 364 g/mol. The molecule has 0 radical (unpaired) electrons. The van der Waals surface area contributed by atoms with Gasteiger partial charge in [0.15, 0.2) is 5.69 Å². The summed E-state index contributed by atoms with van der Waals surface area (Å²) in [7, 11) is 0. The van der Waals surface area contributed by atoms with Gasteiger partial charge in [-0.1, -0.05) is 12.1 Å². The maximum atomic E-state index is 12.7. The first-order chi connectivity index (χ1) is 13.2. The van der Waals surface area contributed by atoms with Gasteiger partial charge in [0.1, 0.15) is 0 Å². The summed E-state index contributed by atoms with van der Waals surface area (Å²) in [6.07, 6.45) is 0.195. The molecule has 2 N–H and O–H groups in total. The van der Waals surface area contributed by atoms with Crippen LogP contribution in [0.4, 0.5) is 5.69 Å². The van der Waals surface area contributed by atoms with Gasteiger partial charge in [0, 0.05) is 24.2 Å². The SMILES string of the molecule is CC(=O)O[C@H](OC(C)C)c1cccc(C(=O)Nc2c(C)ccnc2C(=O)O)c1. The Balaban J connectivity index is 2.32. The number of carboxylic acids is 1. The summed E-state index contributed by atoms with van der Waals surface area (Å²) in [5.41, 5.74) is 1.18. The quantitative estimate of drug-likeness (QED) is 0.554. The first-order valence-corrected chi connectivity index (χ1v) is 8.62. The number of aryl methyl sites for hydroxylation is 1. The summed E-state index contributed by atoms with van der Waals surface area (Å²) >= 11 is 0. The van der Waals surface area contributed by atoms with Crippen molar-refractivity contribution in [2.24, 2.45) is 0 Å². The Kier molecular flexibility index (Phi) is 6.84. The highest BCUT2D eigenvalue weighted by atomic mass is 16.7. The molecule has 1 atom stereocenters. The Hall–Kier alpha value is -3.26. The zero-order valence-corrected chi connectivity index (χ0v) is 16.1. The topological polar surface area (TPSA) is 115 Å². The van der Waals surface area contributed by atoms with E-state index in [0.29, 0.717) is 11.1 Å². The van der Waals surface area contributed by atoms with Gasteiger partial charge in [-0.2, -0.15) is 0 Å². The van der Waals surface area contributed by atoms with Crippen LogP contribution < -0.4 is 5.32 Å². The molecule has 2 rings (SSSR count). The molecule has 0 aliphatic rings. The van der Waals surface area contributed by atoms with E-state index in [4.69, 9.17) is 9.47 Å². The number of ether oxygens (including phenoxy) is 2. The molecule has 0 aliphatic carbocycles. The van der Waals surface area contributed by atoms with Gasteiger partial charge in [-0.15, -0.1) is 0 Å². The van der Waals surface area contributed by atoms with Crippen LogP contribution >= 0.6 is 0 Å². The lowest BCUT2D eigenvalue weighted by molar-refractivity contribution is -0.186. The van der Waals surface area contributed by atoms with Gasteiger partial charge in [0.25, 0.3) is 5.91 Å². The summed E-state index contributed by atoms with van der Waals surface area (Å²) in [6.45, 7) is 6.54. The number of carboxylic acid groups (broad SMARTS) is 1. The number of nitrogens with zero attached hydrogens (tertiary/aromatic N) is 1. The fourth-order valence-electron chi connectivity index (χ4n) is 2.46. The number of rotatable bonds is 7. The van der Waals surface area contributed by atoms with Crippen molar-refractivity contribution in [3.05, 3.63) is 58.9 Å². The van der Waals surface area contributed by atoms with E-state index in [1.807, 2.05) is 0 Å². The number of aromatic nitrogens is 1. The van der Waals surface area contributed by atoms with E-state index < -0.39 is 24.1 Å². The van der Waals surface area contributed by atoms with Gasteiger partial charge in [-0.3, -0.25) is 9.59 Å².